The number of nitrogens with zero attached hydrogens (tertiary/aromatic N) is 4. The number of aromatic amines is 1. The molecule has 0 spiro atoms. The lowest BCUT2D eigenvalue weighted by atomic mass is 10.1. The average Bonchev–Trinajstić information content (AvgIpc) is 3.25. The highest BCUT2D eigenvalue weighted by Gasteiger charge is 2.14. The van der Waals surface area contributed by atoms with Crippen LogP contribution in [0.3, 0.4) is 0 Å². The third kappa shape index (κ3) is 4.04. The van der Waals surface area contributed by atoms with Crippen LogP contribution in [0.1, 0.15) is 24.8 Å². The zero-order valence-corrected chi connectivity index (χ0v) is 17.0. The Bertz CT molecular complexity index is 1100. The third-order valence-electron chi connectivity index (χ3n) is 5.80. The van der Waals surface area contributed by atoms with Gasteiger partial charge in [-0.3, -0.25) is 5.10 Å². The molecule has 1 saturated heterocycles. The van der Waals surface area contributed by atoms with E-state index in [0.29, 0.717) is 5.65 Å². The number of fused-ring (bicyclic) bond motifs is 1. The zero-order chi connectivity index (χ0) is 20.2. The molecule has 5 rings (SSSR count). The maximum Gasteiger partial charge on any atom is 0.186 e. The van der Waals surface area contributed by atoms with Crippen LogP contribution in [0.5, 0.6) is 0 Å². The number of H-pyrrole nitrogens is 1. The number of nitrogens with one attached hydrogen (secondary N) is 2. The number of likely N-dealkylation sites (tertiary alicyclic amines) is 1. The van der Waals surface area contributed by atoms with Gasteiger partial charge < -0.3 is 10.2 Å². The van der Waals surface area contributed by atoms with Crippen molar-refractivity contribution in [1.29, 1.82) is 0 Å². The van der Waals surface area contributed by atoms with E-state index in [1.54, 1.807) is 6.33 Å². The van der Waals surface area contributed by atoms with E-state index < -0.39 is 0 Å². The van der Waals surface area contributed by atoms with Crippen molar-refractivity contribution in [2.24, 2.45) is 0 Å². The Labute approximate surface area is 176 Å². The summed E-state index contributed by atoms with van der Waals surface area (Å²) >= 11 is 0. The number of benzene rings is 2. The molecule has 0 aliphatic carbocycles. The summed E-state index contributed by atoms with van der Waals surface area (Å²) in [4.78, 5) is 11.4. The second-order valence-corrected chi connectivity index (χ2v) is 7.86. The van der Waals surface area contributed by atoms with Crippen LogP contribution in [0.15, 0.2) is 60.9 Å². The van der Waals surface area contributed by atoms with Crippen molar-refractivity contribution in [1.82, 2.24) is 25.1 Å². The quantitative estimate of drug-likeness (QED) is 0.489. The third-order valence-corrected chi connectivity index (χ3v) is 5.80. The zero-order valence-electron chi connectivity index (χ0n) is 17.0. The second kappa shape index (κ2) is 8.63. The molecule has 0 unspecified atom stereocenters. The van der Waals surface area contributed by atoms with E-state index in [1.165, 1.54) is 37.9 Å². The van der Waals surface area contributed by atoms with Gasteiger partial charge in [0.25, 0.3) is 0 Å². The highest BCUT2D eigenvalue weighted by atomic mass is 15.2. The largest absolute Gasteiger partial charge is 0.339 e. The first-order valence-electron chi connectivity index (χ1n) is 10.7. The minimum atomic E-state index is 0.657. The SMILES string of the molecule is c1ccc(-c2[nH]nc3ncnc(Nc4ccc(CCN5CCCCC5)cc4)c23)cc1. The molecule has 0 amide bonds. The first-order valence-corrected chi connectivity index (χ1v) is 10.7. The summed E-state index contributed by atoms with van der Waals surface area (Å²) < 4.78 is 0. The topological polar surface area (TPSA) is 69.7 Å². The molecule has 2 aromatic carbocycles. The van der Waals surface area contributed by atoms with Crippen LogP contribution in [-0.2, 0) is 6.42 Å². The molecule has 4 aromatic rings. The lowest BCUT2D eigenvalue weighted by Gasteiger charge is -2.26. The molecule has 3 heterocycles. The summed E-state index contributed by atoms with van der Waals surface area (Å²) in [5, 5.41) is 11.8. The monoisotopic (exact) mass is 398 g/mol. The van der Waals surface area contributed by atoms with Crippen molar-refractivity contribution in [2.75, 3.05) is 25.0 Å². The maximum absolute atomic E-state index is 4.49. The van der Waals surface area contributed by atoms with E-state index in [4.69, 9.17) is 0 Å². The smallest absolute Gasteiger partial charge is 0.186 e. The Balaban J connectivity index is 1.33. The normalized spacial score (nSPS) is 14.8. The van der Waals surface area contributed by atoms with Crippen molar-refractivity contribution in [2.45, 2.75) is 25.7 Å². The van der Waals surface area contributed by atoms with E-state index in [-0.39, 0.29) is 0 Å². The lowest BCUT2D eigenvalue weighted by molar-refractivity contribution is 0.231. The molecule has 6 nitrogen and oxygen atoms in total. The number of hydrogen-bond donors (Lipinski definition) is 2. The summed E-state index contributed by atoms with van der Waals surface area (Å²) in [6.07, 6.45) is 6.71. The van der Waals surface area contributed by atoms with Crippen molar-refractivity contribution in [3.8, 4) is 11.3 Å². The van der Waals surface area contributed by atoms with Crippen molar-refractivity contribution < 1.29 is 0 Å². The molecule has 152 valence electrons. The van der Waals surface area contributed by atoms with Crippen LogP contribution in [0.4, 0.5) is 11.5 Å². The van der Waals surface area contributed by atoms with Crippen LogP contribution in [0.25, 0.3) is 22.3 Å². The molecule has 2 N–H and O–H groups in total. The molecular weight excluding hydrogens is 372 g/mol. The Morgan fingerprint density at radius 1 is 0.900 bits per heavy atom. The van der Waals surface area contributed by atoms with Gasteiger partial charge >= 0.3 is 0 Å². The van der Waals surface area contributed by atoms with Gasteiger partial charge in [-0.05, 0) is 50.0 Å². The van der Waals surface area contributed by atoms with Crippen molar-refractivity contribution in [3.05, 3.63) is 66.5 Å². The van der Waals surface area contributed by atoms with E-state index in [1.807, 2.05) is 18.2 Å². The van der Waals surface area contributed by atoms with Crippen molar-refractivity contribution >= 4 is 22.5 Å². The van der Waals surface area contributed by atoms with E-state index in [2.05, 4.69) is 66.8 Å². The van der Waals surface area contributed by atoms with Crippen molar-refractivity contribution in [3.63, 3.8) is 0 Å². The minimum absolute atomic E-state index is 0.657. The first-order chi connectivity index (χ1) is 14.9. The summed E-state index contributed by atoms with van der Waals surface area (Å²) in [6.45, 7) is 3.64. The molecule has 0 atom stereocenters. The Morgan fingerprint density at radius 3 is 2.50 bits per heavy atom. The van der Waals surface area contributed by atoms with Crippen LogP contribution >= 0.6 is 0 Å². The predicted molar refractivity (Wildman–Crippen MR) is 121 cm³/mol. The summed E-state index contributed by atoms with van der Waals surface area (Å²) in [7, 11) is 0. The molecular formula is C24H26N6. The molecule has 0 bridgehead atoms. The van der Waals surface area contributed by atoms with Gasteiger partial charge in [-0.15, -0.1) is 0 Å². The Kier molecular flexibility index (Phi) is 5.40. The van der Waals surface area contributed by atoms with Gasteiger partial charge in [0.15, 0.2) is 5.65 Å². The van der Waals surface area contributed by atoms with Gasteiger partial charge in [0.1, 0.15) is 12.1 Å². The van der Waals surface area contributed by atoms with Crippen LogP contribution in [0, 0.1) is 0 Å². The molecule has 2 aromatic heterocycles. The highest BCUT2D eigenvalue weighted by molar-refractivity contribution is 5.99. The average molecular weight is 399 g/mol. The standard InChI is InChI=1S/C24H26N6/c1-3-7-19(8-4-1)22-21-23(25-17-26-24(21)29-28-22)27-20-11-9-18(10-12-20)13-16-30-14-5-2-6-15-30/h1,3-4,7-12,17H,2,5-6,13-16H2,(H2,25,26,27,28,29). The fourth-order valence-electron chi connectivity index (χ4n) is 4.13. The Hall–Kier alpha value is -3.25. The van der Waals surface area contributed by atoms with Gasteiger partial charge in [0, 0.05) is 17.8 Å². The molecule has 1 aliphatic rings. The fourth-order valence-corrected chi connectivity index (χ4v) is 4.13. The lowest BCUT2D eigenvalue weighted by Crippen LogP contribution is -2.31. The van der Waals surface area contributed by atoms with E-state index in [0.717, 1.165) is 41.1 Å². The van der Waals surface area contributed by atoms with Gasteiger partial charge in [-0.1, -0.05) is 48.9 Å². The summed E-state index contributed by atoms with van der Waals surface area (Å²) in [6, 6.07) is 18.8. The second-order valence-electron chi connectivity index (χ2n) is 7.86. The van der Waals surface area contributed by atoms with E-state index in [9.17, 15) is 0 Å². The van der Waals surface area contributed by atoms with Crippen LogP contribution in [0.2, 0.25) is 0 Å². The number of rotatable bonds is 6. The number of anilines is 2. The summed E-state index contributed by atoms with van der Waals surface area (Å²) in [5.41, 5.74) is 5.02. The van der Waals surface area contributed by atoms with Gasteiger partial charge in [0.2, 0.25) is 0 Å². The number of hydrogen-bond acceptors (Lipinski definition) is 5. The van der Waals surface area contributed by atoms with Gasteiger partial charge in [-0.2, -0.15) is 5.10 Å². The fraction of sp³-hybridized carbons (Fsp3) is 0.292. The molecule has 6 heteroatoms. The predicted octanol–water partition coefficient (Wildman–Crippen LogP) is 4.79. The maximum atomic E-state index is 4.49. The minimum Gasteiger partial charge on any atom is -0.339 e. The summed E-state index contributed by atoms with van der Waals surface area (Å²) in [5.74, 6) is 0.758. The first kappa shape index (κ1) is 18.8. The molecule has 30 heavy (non-hydrogen) atoms. The molecule has 1 fully saturated rings. The van der Waals surface area contributed by atoms with Crippen LogP contribution < -0.4 is 5.32 Å². The van der Waals surface area contributed by atoms with Gasteiger partial charge in [-0.25, -0.2) is 9.97 Å². The van der Waals surface area contributed by atoms with Gasteiger partial charge in [0.05, 0.1) is 11.1 Å². The molecule has 0 radical (unpaired) electrons. The van der Waals surface area contributed by atoms with E-state index >= 15 is 0 Å². The highest BCUT2D eigenvalue weighted by Crippen LogP contribution is 2.31. The number of aromatic nitrogens is 4. The molecule has 1 aliphatic heterocycles. The Morgan fingerprint density at radius 2 is 1.70 bits per heavy atom. The van der Waals surface area contributed by atoms with Crippen LogP contribution in [-0.4, -0.2) is 44.7 Å². The number of piperidine rings is 1. The molecule has 0 saturated carbocycles.